The normalized spacial score (nSPS) is 31.3. The van der Waals surface area contributed by atoms with Gasteiger partial charge in [-0.15, -0.1) is 0 Å². The highest BCUT2D eigenvalue weighted by atomic mass is 16.5. The van der Waals surface area contributed by atoms with Crippen molar-refractivity contribution in [1.29, 1.82) is 0 Å². The summed E-state index contributed by atoms with van der Waals surface area (Å²) in [6, 6.07) is 7.01. The molecule has 5 heterocycles. The lowest BCUT2D eigenvalue weighted by Crippen LogP contribution is -2.75. The summed E-state index contributed by atoms with van der Waals surface area (Å²) in [6.07, 6.45) is 7.49. The molecular formula is C24H28N4O3. The van der Waals surface area contributed by atoms with Crippen LogP contribution in [0.2, 0.25) is 0 Å². The van der Waals surface area contributed by atoms with Gasteiger partial charge < -0.3 is 24.5 Å². The van der Waals surface area contributed by atoms with Crippen molar-refractivity contribution in [3.05, 3.63) is 47.0 Å². The van der Waals surface area contributed by atoms with Crippen molar-refractivity contribution in [2.75, 3.05) is 19.8 Å². The molecule has 1 saturated carbocycles. The third kappa shape index (κ3) is 2.13. The zero-order valence-electron chi connectivity index (χ0n) is 17.9. The van der Waals surface area contributed by atoms with Crippen molar-refractivity contribution >= 4 is 6.02 Å². The fraction of sp³-hybridized carbons (Fsp3) is 0.583. The maximum Gasteiger partial charge on any atom is 0.283 e. The van der Waals surface area contributed by atoms with Gasteiger partial charge in [0.2, 0.25) is 0 Å². The topological polar surface area (TPSA) is 83.9 Å². The van der Waals surface area contributed by atoms with Gasteiger partial charge in [0.25, 0.3) is 6.02 Å². The molecule has 162 valence electrons. The van der Waals surface area contributed by atoms with E-state index in [1.54, 1.807) is 0 Å². The summed E-state index contributed by atoms with van der Waals surface area (Å²) in [5, 5.41) is 0. The number of ether oxygens (including phenoxy) is 3. The van der Waals surface area contributed by atoms with Crippen LogP contribution in [0, 0.1) is 12.3 Å². The first kappa shape index (κ1) is 18.1. The molecule has 2 fully saturated rings. The van der Waals surface area contributed by atoms with Crippen molar-refractivity contribution in [3.8, 4) is 5.75 Å². The molecule has 31 heavy (non-hydrogen) atoms. The molecule has 2 unspecified atom stereocenters. The molecule has 2 aromatic rings. The number of amidine groups is 1. The Morgan fingerprint density at radius 2 is 2.06 bits per heavy atom. The van der Waals surface area contributed by atoms with Crippen LogP contribution in [0.5, 0.6) is 5.75 Å². The molecular weight excluding hydrogens is 392 g/mol. The van der Waals surface area contributed by atoms with Gasteiger partial charge in [-0.25, -0.2) is 9.98 Å². The Morgan fingerprint density at radius 1 is 1.19 bits per heavy atom. The van der Waals surface area contributed by atoms with Crippen LogP contribution in [0.1, 0.15) is 54.2 Å². The molecule has 0 bridgehead atoms. The number of nitrogens with zero attached hydrogens (tertiary/aromatic N) is 3. The summed E-state index contributed by atoms with van der Waals surface area (Å²) in [6.45, 7) is 4.85. The number of rotatable bonds is 1. The maximum absolute atomic E-state index is 6.77. The highest BCUT2D eigenvalue weighted by molar-refractivity contribution is 5.75. The number of fused-ring (bicyclic) bond motifs is 5. The highest BCUT2D eigenvalue weighted by Crippen LogP contribution is 2.67. The second-order valence-electron chi connectivity index (χ2n) is 10.1. The van der Waals surface area contributed by atoms with E-state index in [1.165, 1.54) is 17.8 Å². The fourth-order valence-electron chi connectivity index (χ4n) is 6.71. The smallest absolute Gasteiger partial charge is 0.283 e. The highest BCUT2D eigenvalue weighted by Gasteiger charge is 2.75. The number of hydrogen-bond donors (Lipinski definition) is 1. The number of imidazole rings is 1. The van der Waals surface area contributed by atoms with Gasteiger partial charge in [-0.05, 0) is 56.2 Å². The van der Waals surface area contributed by atoms with Gasteiger partial charge in [-0.2, -0.15) is 0 Å². The second kappa shape index (κ2) is 5.82. The van der Waals surface area contributed by atoms with Gasteiger partial charge in [0, 0.05) is 24.7 Å². The van der Waals surface area contributed by atoms with Gasteiger partial charge in [-0.1, -0.05) is 6.07 Å². The lowest BCUT2D eigenvalue weighted by atomic mass is 9.49. The van der Waals surface area contributed by atoms with E-state index in [0.29, 0.717) is 25.7 Å². The Balaban J connectivity index is 1.35. The minimum Gasteiger partial charge on any atom is -0.486 e. The van der Waals surface area contributed by atoms with Crippen LogP contribution in [0.4, 0.5) is 0 Å². The Hall–Kier alpha value is -2.54. The minimum atomic E-state index is -0.525. The van der Waals surface area contributed by atoms with E-state index < -0.39 is 5.54 Å². The first-order chi connectivity index (χ1) is 15.0. The van der Waals surface area contributed by atoms with E-state index in [4.69, 9.17) is 29.9 Å². The average Bonchev–Trinajstić information content (AvgIpc) is 3.26. The van der Waals surface area contributed by atoms with Crippen molar-refractivity contribution in [1.82, 2.24) is 9.55 Å². The quantitative estimate of drug-likeness (QED) is 0.767. The predicted octanol–water partition coefficient (Wildman–Crippen LogP) is 2.79. The van der Waals surface area contributed by atoms with Crippen LogP contribution in [0.3, 0.4) is 0 Å². The zero-order chi connectivity index (χ0) is 20.8. The van der Waals surface area contributed by atoms with Crippen molar-refractivity contribution < 1.29 is 14.2 Å². The Bertz CT molecular complexity index is 1110. The van der Waals surface area contributed by atoms with Gasteiger partial charge in [0.05, 0.1) is 24.3 Å². The SMILES string of the molecule is Cc1cn2c(n1)CC(c1ccc3c(c1)C1(COC(N)=N1)C1(COC1)C1(CCC1)O3)CC2. The van der Waals surface area contributed by atoms with E-state index in [0.717, 1.165) is 49.2 Å². The van der Waals surface area contributed by atoms with E-state index in [-0.39, 0.29) is 17.0 Å². The Labute approximate surface area is 181 Å². The van der Waals surface area contributed by atoms with Crippen LogP contribution < -0.4 is 10.5 Å². The van der Waals surface area contributed by atoms with Crippen LogP contribution in [0.25, 0.3) is 0 Å². The largest absolute Gasteiger partial charge is 0.486 e. The van der Waals surface area contributed by atoms with Crippen molar-refractivity contribution in [2.24, 2.45) is 16.1 Å². The standard InChI is InChI=1S/C24H28N4O3/c1-15-11-28-8-5-17(10-20(28)26-15)16-3-4-19-18(9-16)24(14-30-21(25)27-24)22(12-29-13-22)23(31-19)6-2-7-23/h3-4,9,11,17H,2,5-8,10,12-14H2,1H3,(H2,25,27). The van der Waals surface area contributed by atoms with Crippen molar-refractivity contribution in [3.63, 3.8) is 0 Å². The van der Waals surface area contributed by atoms with Crippen molar-refractivity contribution in [2.45, 2.75) is 62.6 Å². The van der Waals surface area contributed by atoms with Crippen LogP contribution in [-0.2, 0) is 28.0 Å². The fourth-order valence-corrected chi connectivity index (χ4v) is 6.71. The molecule has 3 spiro atoms. The minimum absolute atomic E-state index is 0.203. The Morgan fingerprint density at radius 3 is 2.74 bits per heavy atom. The molecule has 1 aliphatic carbocycles. The molecule has 2 N–H and O–H groups in total. The number of aryl methyl sites for hydroxylation is 2. The number of nitrogens with two attached hydrogens (primary N) is 1. The zero-order valence-corrected chi connectivity index (χ0v) is 17.9. The van der Waals surface area contributed by atoms with Gasteiger partial charge in [0.15, 0.2) is 0 Å². The molecule has 7 nitrogen and oxygen atoms in total. The summed E-state index contributed by atoms with van der Waals surface area (Å²) >= 11 is 0. The molecule has 1 aromatic heterocycles. The number of hydrogen-bond acceptors (Lipinski definition) is 6. The average molecular weight is 421 g/mol. The van der Waals surface area contributed by atoms with Gasteiger partial charge >= 0.3 is 0 Å². The summed E-state index contributed by atoms with van der Waals surface area (Å²) in [7, 11) is 0. The summed E-state index contributed by atoms with van der Waals surface area (Å²) in [5.74, 6) is 2.56. The van der Waals surface area contributed by atoms with Gasteiger partial charge in [0.1, 0.15) is 29.3 Å². The molecule has 5 aliphatic rings. The van der Waals surface area contributed by atoms with E-state index in [2.05, 4.69) is 35.9 Å². The summed E-state index contributed by atoms with van der Waals surface area (Å²) in [4.78, 5) is 9.74. The molecule has 1 aromatic carbocycles. The maximum atomic E-state index is 6.77. The number of aliphatic imine (C=N–C) groups is 1. The molecule has 2 atom stereocenters. The van der Waals surface area contributed by atoms with E-state index >= 15 is 0 Å². The molecule has 7 heteroatoms. The molecule has 0 radical (unpaired) electrons. The first-order valence-electron chi connectivity index (χ1n) is 11.5. The molecule has 1 saturated heterocycles. The summed E-state index contributed by atoms with van der Waals surface area (Å²) in [5.41, 5.74) is 8.72. The third-order valence-electron chi connectivity index (χ3n) is 8.60. The van der Waals surface area contributed by atoms with E-state index in [9.17, 15) is 0 Å². The van der Waals surface area contributed by atoms with Crippen LogP contribution >= 0.6 is 0 Å². The monoisotopic (exact) mass is 420 g/mol. The van der Waals surface area contributed by atoms with Crippen LogP contribution in [0.15, 0.2) is 29.4 Å². The van der Waals surface area contributed by atoms with E-state index in [1.807, 2.05) is 0 Å². The summed E-state index contributed by atoms with van der Waals surface area (Å²) < 4.78 is 20.7. The predicted molar refractivity (Wildman–Crippen MR) is 114 cm³/mol. The Kier molecular flexibility index (Phi) is 3.39. The second-order valence-corrected chi connectivity index (χ2v) is 10.1. The molecule has 4 aliphatic heterocycles. The third-order valence-corrected chi connectivity index (χ3v) is 8.60. The number of benzene rings is 1. The van der Waals surface area contributed by atoms with Gasteiger partial charge in [-0.3, -0.25) is 0 Å². The molecule has 7 rings (SSSR count). The number of aromatic nitrogens is 2. The first-order valence-corrected chi connectivity index (χ1v) is 11.5. The van der Waals surface area contributed by atoms with Crippen LogP contribution in [-0.4, -0.2) is 41.0 Å². The molecule has 0 amide bonds. The lowest BCUT2D eigenvalue weighted by Gasteiger charge is -2.66. The lowest BCUT2D eigenvalue weighted by molar-refractivity contribution is -0.281.